The fourth-order valence-electron chi connectivity index (χ4n) is 4.16. The smallest absolute Gasteiger partial charge is 0.275 e. The number of rotatable bonds is 4. The predicted molar refractivity (Wildman–Crippen MR) is 109 cm³/mol. The van der Waals surface area contributed by atoms with E-state index in [9.17, 15) is 9.59 Å². The van der Waals surface area contributed by atoms with Gasteiger partial charge in [0.15, 0.2) is 5.69 Å². The van der Waals surface area contributed by atoms with E-state index in [1.807, 2.05) is 12.1 Å². The fraction of sp³-hybridized carbons (Fsp3) is 0.500. The maximum absolute atomic E-state index is 13.0. The molecule has 7 nitrogen and oxygen atoms in total. The highest BCUT2D eigenvalue weighted by atomic mass is 16.5. The standard InChI is InChI=1S/C22H28N4O3/c1-25(2)22(28)20-18-14-26(11-9-19(18)29-24-20)21(27)17-7-5-15(6-8-17)12-16-4-3-10-23-13-16/h5-8,16,23H,3-4,9-14H2,1-2H3/t16-/m1/s1. The number of hydrogen-bond acceptors (Lipinski definition) is 5. The minimum absolute atomic E-state index is 0.0222. The molecule has 1 aromatic carbocycles. The molecule has 0 bridgehead atoms. The minimum Gasteiger partial charge on any atom is -0.360 e. The second kappa shape index (κ2) is 8.37. The Labute approximate surface area is 171 Å². The number of nitrogens with one attached hydrogen (secondary N) is 1. The van der Waals surface area contributed by atoms with Crippen molar-refractivity contribution in [1.82, 2.24) is 20.3 Å². The highest BCUT2D eigenvalue weighted by Crippen LogP contribution is 2.25. The molecule has 2 aliphatic heterocycles. The Morgan fingerprint density at radius 3 is 2.76 bits per heavy atom. The van der Waals surface area contributed by atoms with Gasteiger partial charge in [0.05, 0.1) is 6.54 Å². The van der Waals surface area contributed by atoms with Crippen LogP contribution < -0.4 is 5.32 Å². The SMILES string of the molecule is CN(C)C(=O)c1noc2c1CN(C(=O)c1ccc(C[C@H]3CCCNC3)cc1)CC2. The van der Waals surface area contributed by atoms with Gasteiger partial charge in [-0.2, -0.15) is 0 Å². The summed E-state index contributed by atoms with van der Waals surface area (Å²) < 4.78 is 5.34. The topological polar surface area (TPSA) is 78.7 Å². The molecule has 1 aromatic heterocycles. The molecule has 0 radical (unpaired) electrons. The Bertz CT molecular complexity index is 882. The number of piperidine rings is 1. The van der Waals surface area contributed by atoms with Crippen LogP contribution in [-0.2, 0) is 19.4 Å². The van der Waals surface area contributed by atoms with Gasteiger partial charge in [0, 0.05) is 38.2 Å². The zero-order valence-corrected chi connectivity index (χ0v) is 17.1. The van der Waals surface area contributed by atoms with Crippen molar-refractivity contribution in [3.05, 3.63) is 52.4 Å². The molecule has 1 saturated heterocycles. The lowest BCUT2D eigenvalue weighted by Crippen LogP contribution is -2.36. The van der Waals surface area contributed by atoms with Crippen molar-refractivity contribution in [3.8, 4) is 0 Å². The van der Waals surface area contributed by atoms with E-state index >= 15 is 0 Å². The van der Waals surface area contributed by atoms with Gasteiger partial charge in [0.2, 0.25) is 0 Å². The lowest BCUT2D eigenvalue weighted by molar-refractivity contribution is 0.0723. The second-order valence-electron chi connectivity index (χ2n) is 8.22. The Hall–Kier alpha value is -2.67. The third-order valence-corrected chi connectivity index (χ3v) is 5.85. The molecule has 1 N–H and O–H groups in total. The van der Waals surface area contributed by atoms with E-state index in [1.165, 1.54) is 23.3 Å². The highest BCUT2D eigenvalue weighted by Gasteiger charge is 2.30. The zero-order chi connectivity index (χ0) is 20.4. The first-order valence-electron chi connectivity index (χ1n) is 10.3. The minimum atomic E-state index is -0.203. The highest BCUT2D eigenvalue weighted by molar-refractivity contribution is 5.96. The monoisotopic (exact) mass is 396 g/mol. The van der Waals surface area contributed by atoms with E-state index in [1.54, 1.807) is 19.0 Å². The van der Waals surface area contributed by atoms with Crippen molar-refractivity contribution in [2.75, 3.05) is 33.7 Å². The summed E-state index contributed by atoms with van der Waals surface area (Å²) >= 11 is 0. The molecule has 29 heavy (non-hydrogen) atoms. The van der Waals surface area contributed by atoms with E-state index < -0.39 is 0 Å². The molecular weight excluding hydrogens is 368 g/mol. The molecule has 0 unspecified atom stereocenters. The number of benzene rings is 1. The van der Waals surface area contributed by atoms with E-state index in [-0.39, 0.29) is 11.8 Å². The zero-order valence-electron chi connectivity index (χ0n) is 17.1. The Morgan fingerprint density at radius 1 is 1.28 bits per heavy atom. The van der Waals surface area contributed by atoms with Crippen LogP contribution >= 0.6 is 0 Å². The van der Waals surface area contributed by atoms with Crippen LogP contribution in [0, 0.1) is 5.92 Å². The molecule has 1 fully saturated rings. The van der Waals surface area contributed by atoms with Crippen molar-refractivity contribution < 1.29 is 14.1 Å². The molecule has 1 atom stereocenters. The van der Waals surface area contributed by atoms with Crippen LogP contribution in [0.15, 0.2) is 28.8 Å². The lowest BCUT2D eigenvalue weighted by Gasteiger charge is -2.26. The van der Waals surface area contributed by atoms with Crippen LogP contribution in [0.25, 0.3) is 0 Å². The summed E-state index contributed by atoms with van der Waals surface area (Å²) in [5, 5.41) is 7.40. The Morgan fingerprint density at radius 2 is 2.07 bits per heavy atom. The van der Waals surface area contributed by atoms with Gasteiger partial charge in [0.1, 0.15) is 5.76 Å². The van der Waals surface area contributed by atoms with Crippen LogP contribution in [0.1, 0.15) is 50.6 Å². The summed E-state index contributed by atoms with van der Waals surface area (Å²) in [6, 6.07) is 7.97. The molecule has 154 valence electrons. The van der Waals surface area contributed by atoms with E-state index in [4.69, 9.17) is 4.52 Å². The molecule has 0 aliphatic carbocycles. The van der Waals surface area contributed by atoms with Crippen molar-refractivity contribution in [1.29, 1.82) is 0 Å². The molecule has 2 amide bonds. The number of nitrogens with zero attached hydrogens (tertiary/aromatic N) is 3. The maximum atomic E-state index is 13.0. The van der Waals surface area contributed by atoms with Crippen molar-refractivity contribution in [3.63, 3.8) is 0 Å². The third-order valence-electron chi connectivity index (χ3n) is 5.85. The predicted octanol–water partition coefficient (Wildman–Crippen LogP) is 2.12. The van der Waals surface area contributed by atoms with Crippen LogP contribution in [0.5, 0.6) is 0 Å². The quantitative estimate of drug-likeness (QED) is 0.856. The van der Waals surface area contributed by atoms with Crippen molar-refractivity contribution >= 4 is 11.8 Å². The Balaban J connectivity index is 1.44. The number of carbonyl (C=O) groups excluding carboxylic acids is 2. The summed E-state index contributed by atoms with van der Waals surface area (Å²) in [7, 11) is 3.36. The molecule has 0 spiro atoms. The first-order valence-corrected chi connectivity index (χ1v) is 10.3. The molecule has 3 heterocycles. The summed E-state index contributed by atoms with van der Waals surface area (Å²) in [5.41, 5.74) is 2.98. The maximum Gasteiger partial charge on any atom is 0.275 e. The molecule has 7 heteroatoms. The van der Waals surface area contributed by atoms with Gasteiger partial charge in [-0.3, -0.25) is 9.59 Å². The van der Waals surface area contributed by atoms with E-state index in [2.05, 4.69) is 22.6 Å². The molecule has 0 saturated carbocycles. The average Bonchev–Trinajstić information content (AvgIpc) is 3.17. The normalized spacial score (nSPS) is 19.0. The van der Waals surface area contributed by atoms with E-state index in [0.717, 1.165) is 25.1 Å². The van der Waals surface area contributed by atoms with Crippen LogP contribution in [0.2, 0.25) is 0 Å². The van der Waals surface area contributed by atoms with Crippen LogP contribution in [0.4, 0.5) is 0 Å². The first kappa shape index (κ1) is 19.6. The first-order chi connectivity index (χ1) is 14.0. The van der Waals surface area contributed by atoms with Gasteiger partial charge in [-0.1, -0.05) is 17.3 Å². The molecular formula is C22H28N4O3. The molecule has 2 aliphatic rings. The van der Waals surface area contributed by atoms with E-state index in [0.29, 0.717) is 42.4 Å². The largest absolute Gasteiger partial charge is 0.360 e. The van der Waals surface area contributed by atoms with Gasteiger partial charge in [-0.15, -0.1) is 0 Å². The third kappa shape index (κ3) is 4.19. The molecule has 4 rings (SSSR count). The second-order valence-corrected chi connectivity index (χ2v) is 8.22. The summed E-state index contributed by atoms with van der Waals surface area (Å²) in [5.74, 6) is 1.15. The average molecular weight is 396 g/mol. The summed E-state index contributed by atoms with van der Waals surface area (Å²) in [6.07, 6.45) is 4.11. The number of fused-ring (bicyclic) bond motifs is 1. The van der Waals surface area contributed by atoms with Crippen LogP contribution in [-0.4, -0.2) is 60.5 Å². The lowest BCUT2D eigenvalue weighted by atomic mass is 9.92. The summed E-state index contributed by atoms with van der Waals surface area (Å²) in [6.45, 7) is 3.10. The van der Waals surface area contributed by atoms with Gasteiger partial charge in [-0.05, 0) is 56.0 Å². The number of amides is 2. The summed E-state index contributed by atoms with van der Waals surface area (Å²) in [4.78, 5) is 28.6. The number of aromatic nitrogens is 1. The van der Waals surface area contributed by atoms with Gasteiger partial charge < -0.3 is 19.6 Å². The van der Waals surface area contributed by atoms with Gasteiger partial charge in [-0.25, -0.2) is 0 Å². The molecule has 2 aromatic rings. The van der Waals surface area contributed by atoms with Crippen molar-refractivity contribution in [2.24, 2.45) is 5.92 Å². The number of carbonyl (C=O) groups is 2. The van der Waals surface area contributed by atoms with Gasteiger partial charge in [0.25, 0.3) is 11.8 Å². The fourth-order valence-corrected chi connectivity index (χ4v) is 4.16. The number of hydrogen-bond donors (Lipinski definition) is 1. The Kier molecular flexibility index (Phi) is 5.67. The van der Waals surface area contributed by atoms with Gasteiger partial charge >= 0.3 is 0 Å². The van der Waals surface area contributed by atoms with Crippen LogP contribution in [0.3, 0.4) is 0 Å². The van der Waals surface area contributed by atoms with Crippen molar-refractivity contribution in [2.45, 2.75) is 32.2 Å².